The van der Waals surface area contributed by atoms with E-state index in [0.29, 0.717) is 32.1 Å². The first-order valence-corrected chi connectivity index (χ1v) is 16.3. The number of amides is 3. The Labute approximate surface area is 266 Å². The van der Waals surface area contributed by atoms with Crippen LogP contribution in [0.2, 0.25) is 0 Å². The Hall–Kier alpha value is -4.74. The SMILES string of the molecule is O=C(NCC(=O)N1CCC[C@H]1c1nc2ccc(-c3ccc4cc(-c5cnc([C@@H]6CCCN6)[nH]5)ccc4c3)cc2[nH]1)N1CC[C@H](O)C1. The van der Waals surface area contributed by atoms with Crippen molar-refractivity contribution in [2.24, 2.45) is 0 Å². The Morgan fingerprint density at radius 1 is 0.891 bits per heavy atom. The van der Waals surface area contributed by atoms with Crippen LogP contribution in [0.1, 0.15) is 55.8 Å². The molecule has 3 atom stereocenters. The van der Waals surface area contributed by atoms with E-state index < -0.39 is 6.10 Å². The maximum absolute atomic E-state index is 13.1. The molecule has 0 spiro atoms. The van der Waals surface area contributed by atoms with E-state index in [4.69, 9.17) is 4.98 Å². The van der Waals surface area contributed by atoms with E-state index in [9.17, 15) is 14.7 Å². The smallest absolute Gasteiger partial charge is 0.317 e. The average Bonchev–Trinajstić information content (AvgIpc) is 3.91. The van der Waals surface area contributed by atoms with Gasteiger partial charge in [-0.05, 0) is 84.8 Å². The zero-order chi connectivity index (χ0) is 31.2. The first-order chi connectivity index (χ1) is 22.5. The fourth-order valence-corrected chi connectivity index (χ4v) is 7.18. The molecule has 11 nitrogen and oxygen atoms in total. The van der Waals surface area contributed by atoms with Crippen molar-refractivity contribution in [3.63, 3.8) is 0 Å². The number of carbonyl (C=O) groups is 2. The molecule has 8 rings (SSSR count). The lowest BCUT2D eigenvalue weighted by atomic mass is 9.99. The lowest BCUT2D eigenvalue weighted by molar-refractivity contribution is -0.131. The molecule has 3 amide bonds. The minimum absolute atomic E-state index is 0.0728. The van der Waals surface area contributed by atoms with Crippen LogP contribution in [0.3, 0.4) is 0 Å². The predicted molar refractivity (Wildman–Crippen MR) is 176 cm³/mol. The number of benzene rings is 3. The number of aliphatic hydroxyl groups is 1. The summed E-state index contributed by atoms with van der Waals surface area (Å²) in [6, 6.07) is 19.1. The second-order valence-corrected chi connectivity index (χ2v) is 12.8. The maximum Gasteiger partial charge on any atom is 0.317 e. The summed E-state index contributed by atoms with van der Waals surface area (Å²) in [6.45, 7) is 2.40. The predicted octanol–water partition coefficient (Wildman–Crippen LogP) is 4.64. The number of hydrogen-bond donors (Lipinski definition) is 5. The van der Waals surface area contributed by atoms with Crippen LogP contribution >= 0.6 is 0 Å². The number of fused-ring (bicyclic) bond motifs is 2. The minimum Gasteiger partial charge on any atom is -0.391 e. The number of aromatic nitrogens is 4. The van der Waals surface area contributed by atoms with Crippen LogP contribution in [0.5, 0.6) is 0 Å². The monoisotopic (exact) mass is 618 g/mol. The van der Waals surface area contributed by atoms with Crippen molar-refractivity contribution in [3.05, 3.63) is 72.4 Å². The molecule has 11 heteroatoms. The van der Waals surface area contributed by atoms with Gasteiger partial charge in [0.05, 0.1) is 47.7 Å². The van der Waals surface area contributed by atoms with Gasteiger partial charge in [-0.3, -0.25) is 4.79 Å². The molecule has 0 bridgehead atoms. The lowest BCUT2D eigenvalue weighted by Gasteiger charge is -2.24. The molecular formula is C35H38N8O3. The van der Waals surface area contributed by atoms with Crippen molar-refractivity contribution in [2.75, 3.05) is 32.7 Å². The first kappa shape index (κ1) is 28.7. The molecule has 236 valence electrons. The van der Waals surface area contributed by atoms with Gasteiger partial charge in [0.1, 0.15) is 11.6 Å². The number of H-pyrrole nitrogens is 2. The summed E-state index contributed by atoms with van der Waals surface area (Å²) in [5, 5.41) is 18.3. The molecule has 3 saturated heterocycles. The average molecular weight is 619 g/mol. The van der Waals surface area contributed by atoms with Gasteiger partial charge >= 0.3 is 6.03 Å². The highest BCUT2D eigenvalue weighted by Gasteiger charge is 2.33. The Balaban J connectivity index is 0.972. The fraction of sp³-hybridized carbons (Fsp3) is 0.371. The van der Waals surface area contributed by atoms with Gasteiger partial charge in [-0.2, -0.15) is 0 Å². The Morgan fingerprint density at radius 2 is 1.70 bits per heavy atom. The lowest BCUT2D eigenvalue weighted by Crippen LogP contribution is -2.45. The summed E-state index contributed by atoms with van der Waals surface area (Å²) in [4.78, 5) is 45.4. The molecule has 3 aliphatic heterocycles. The number of nitrogens with one attached hydrogen (secondary N) is 4. The second kappa shape index (κ2) is 11.9. The molecule has 5 N–H and O–H groups in total. The summed E-state index contributed by atoms with van der Waals surface area (Å²) < 4.78 is 0. The largest absolute Gasteiger partial charge is 0.391 e. The first-order valence-electron chi connectivity index (χ1n) is 16.3. The number of β-amino-alcohol motifs (C(OH)–C–C–N with tert-alkyl or cyclic N) is 1. The molecule has 2 aromatic heterocycles. The molecule has 3 aromatic carbocycles. The van der Waals surface area contributed by atoms with Crippen LogP contribution in [0.25, 0.3) is 44.2 Å². The number of aliphatic hydroxyl groups excluding tert-OH is 1. The summed E-state index contributed by atoms with van der Waals surface area (Å²) in [5.74, 6) is 1.65. The van der Waals surface area contributed by atoms with Crippen LogP contribution in [-0.2, 0) is 4.79 Å². The number of aromatic amines is 2. The third-order valence-corrected chi connectivity index (χ3v) is 9.70. The normalized spacial score (nSPS) is 21.5. The number of hydrogen-bond acceptors (Lipinski definition) is 6. The van der Waals surface area contributed by atoms with Gasteiger partial charge in [-0.1, -0.05) is 30.3 Å². The van der Waals surface area contributed by atoms with Gasteiger partial charge < -0.3 is 35.5 Å². The van der Waals surface area contributed by atoms with Gasteiger partial charge in [0, 0.05) is 25.2 Å². The highest BCUT2D eigenvalue weighted by Crippen LogP contribution is 2.34. The topological polar surface area (TPSA) is 142 Å². The Bertz CT molecular complexity index is 1930. The third kappa shape index (κ3) is 5.50. The molecule has 0 saturated carbocycles. The molecule has 0 aliphatic carbocycles. The summed E-state index contributed by atoms with van der Waals surface area (Å²) in [6.07, 6.45) is 6.00. The maximum atomic E-state index is 13.1. The molecule has 5 aromatic rings. The molecule has 3 aliphatic rings. The van der Waals surface area contributed by atoms with E-state index >= 15 is 0 Å². The van der Waals surface area contributed by atoms with E-state index in [-0.39, 0.29) is 24.5 Å². The highest BCUT2D eigenvalue weighted by atomic mass is 16.3. The zero-order valence-corrected chi connectivity index (χ0v) is 25.6. The molecule has 0 radical (unpaired) electrons. The van der Waals surface area contributed by atoms with Gasteiger partial charge in [0.2, 0.25) is 5.91 Å². The highest BCUT2D eigenvalue weighted by molar-refractivity contribution is 5.92. The summed E-state index contributed by atoms with van der Waals surface area (Å²) >= 11 is 0. The van der Waals surface area contributed by atoms with Crippen LogP contribution in [0.4, 0.5) is 4.79 Å². The number of carbonyl (C=O) groups excluding carboxylic acids is 2. The van der Waals surface area contributed by atoms with E-state index in [1.54, 1.807) is 4.90 Å². The summed E-state index contributed by atoms with van der Waals surface area (Å²) in [5.41, 5.74) is 6.14. The van der Waals surface area contributed by atoms with Crippen LogP contribution < -0.4 is 10.6 Å². The van der Waals surface area contributed by atoms with Crippen LogP contribution in [0, 0.1) is 0 Å². The molecule has 5 heterocycles. The van der Waals surface area contributed by atoms with E-state index in [0.717, 1.165) is 76.3 Å². The van der Waals surface area contributed by atoms with Gasteiger partial charge in [0.25, 0.3) is 0 Å². The molecule has 0 unspecified atom stereocenters. The van der Waals surface area contributed by atoms with Crippen molar-refractivity contribution in [3.8, 4) is 22.4 Å². The second-order valence-electron chi connectivity index (χ2n) is 12.8. The van der Waals surface area contributed by atoms with Crippen LogP contribution in [0.15, 0.2) is 60.8 Å². The molecule has 3 fully saturated rings. The van der Waals surface area contributed by atoms with Crippen molar-refractivity contribution in [1.29, 1.82) is 0 Å². The van der Waals surface area contributed by atoms with Crippen molar-refractivity contribution in [2.45, 2.75) is 50.3 Å². The fourth-order valence-electron chi connectivity index (χ4n) is 7.18. The number of rotatable bonds is 6. The van der Waals surface area contributed by atoms with Gasteiger partial charge in [-0.25, -0.2) is 14.8 Å². The van der Waals surface area contributed by atoms with E-state index in [1.807, 2.05) is 17.2 Å². The quantitative estimate of drug-likeness (QED) is 0.188. The van der Waals surface area contributed by atoms with Gasteiger partial charge in [-0.15, -0.1) is 0 Å². The Morgan fingerprint density at radius 3 is 2.50 bits per heavy atom. The number of nitrogens with zero attached hydrogens (tertiary/aromatic N) is 4. The third-order valence-electron chi connectivity index (χ3n) is 9.70. The molecular weight excluding hydrogens is 580 g/mol. The molecule has 46 heavy (non-hydrogen) atoms. The standard InChI is InChI=1S/C35H38N8O3/c44-26-11-14-42(20-26)35(46)38-19-32(45)43-13-2-4-31(43)34-39-27-10-9-24(17-29(27)40-34)22-5-6-23-16-25(8-7-21(23)15-22)30-18-37-33(41-30)28-3-1-12-36-28/h5-10,15-18,26,28,31,36,44H,1-4,11-14,19-20H2,(H,37,41)(H,38,46)(H,39,40)/t26-,28-,31-/m0/s1. The minimum atomic E-state index is -0.492. The van der Waals surface area contributed by atoms with Crippen LogP contribution in [-0.4, -0.2) is 85.6 Å². The Kier molecular flexibility index (Phi) is 7.42. The van der Waals surface area contributed by atoms with E-state index in [2.05, 4.69) is 74.1 Å². The van der Waals surface area contributed by atoms with Crippen molar-refractivity contribution < 1.29 is 14.7 Å². The van der Waals surface area contributed by atoms with E-state index in [1.165, 1.54) is 11.8 Å². The van der Waals surface area contributed by atoms with Gasteiger partial charge in [0.15, 0.2) is 0 Å². The summed E-state index contributed by atoms with van der Waals surface area (Å²) in [7, 11) is 0. The number of imidazole rings is 2. The van der Waals surface area contributed by atoms with Crippen molar-refractivity contribution in [1.82, 2.24) is 40.4 Å². The number of urea groups is 1. The van der Waals surface area contributed by atoms with Crippen molar-refractivity contribution >= 4 is 33.7 Å². The zero-order valence-electron chi connectivity index (χ0n) is 25.6. The number of likely N-dealkylation sites (tertiary alicyclic amines) is 2.